The van der Waals surface area contributed by atoms with Crippen molar-refractivity contribution < 1.29 is 16.8 Å². The van der Waals surface area contributed by atoms with E-state index in [1.807, 2.05) is 0 Å². The third-order valence-corrected chi connectivity index (χ3v) is 0.0559. The van der Waals surface area contributed by atoms with Crippen LogP contribution < -0.4 is 5.71 Å². The molecule has 0 fully saturated rings. The molecule has 24 valence electrons. The van der Waals surface area contributed by atoms with E-state index in [4.69, 9.17) is 11.1 Å². The molecule has 3 N–H and O–H groups in total. The Bertz CT molecular complexity index is 197. The molecule has 0 spiro atoms. The fraction of sp³-hybridized carbons (Fsp3) is 0.333. The first-order valence-electron chi connectivity index (χ1n) is 4.57. The summed E-state index contributed by atoms with van der Waals surface area (Å²) in [7, 11) is 0. The molecule has 4 heavy (non-hydrogen) atoms. The van der Waals surface area contributed by atoms with Crippen molar-refractivity contribution in [2.24, 2.45) is 0 Å². The van der Waals surface area contributed by atoms with Gasteiger partial charge in [0.05, 0.1) is 13.4 Å². The molecule has 0 rings (SSSR count). The predicted molar refractivity (Wildman–Crippen MR) is 18.0 cm³/mol. The minimum Gasteiger partial charge on any atom is -0.354 e. The molecular weight excluding hydrogens is 50.0 g/mol. The maximum atomic E-state index is 6.91. The van der Waals surface area contributed by atoms with Crippen molar-refractivity contribution in [3.63, 3.8) is 0 Å². The van der Waals surface area contributed by atoms with Crippen LogP contribution in [0.4, 0.5) is 0 Å². The SMILES string of the molecule is [2H]C([2H])=C([2H])C([2H])([2H])[N+]([2H])([2H])[2H]. The monoisotopic (exact) mass is 66.1 g/mol. The molecule has 1 nitrogen and oxygen atoms in total. The quantitative estimate of drug-likeness (QED) is 0.417. The molecule has 0 saturated heterocycles. The molecule has 0 aliphatic rings. The molecule has 0 aromatic carbocycles. The molecule has 0 aliphatic heterocycles. The molecule has 0 heterocycles. The van der Waals surface area contributed by atoms with Gasteiger partial charge in [-0.3, -0.25) is 0 Å². The Morgan fingerprint density at radius 3 is 4.50 bits per heavy atom. The maximum absolute atomic E-state index is 6.91. The molecule has 0 unspecified atom stereocenters. The Balaban J connectivity index is 5.01. The van der Waals surface area contributed by atoms with Gasteiger partial charge in [-0.1, -0.05) is 6.53 Å². The second kappa shape index (κ2) is 2.70. The van der Waals surface area contributed by atoms with Crippen molar-refractivity contribution in [3.05, 3.63) is 12.6 Å². The number of quaternary nitrogens is 1. The van der Waals surface area contributed by atoms with Gasteiger partial charge in [-0.2, -0.15) is 0 Å². The molecular formula is C3H8N+. The van der Waals surface area contributed by atoms with Crippen LogP contribution in [-0.2, 0) is 0 Å². The van der Waals surface area contributed by atoms with E-state index in [1.165, 1.54) is 0 Å². The van der Waals surface area contributed by atoms with E-state index in [1.54, 1.807) is 0 Å². The summed E-state index contributed by atoms with van der Waals surface area (Å²) in [5, 5.41) is 0. The summed E-state index contributed by atoms with van der Waals surface area (Å²) in [6.45, 7) is -4.10. The van der Waals surface area contributed by atoms with Crippen LogP contribution in [0.1, 0.15) is 6.85 Å². The number of hydrogen-bond donors (Lipinski definition) is 1. The third-order valence-electron chi connectivity index (χ3n) is 0.0559. The van der Waals surface area contributed by atoms with Gasteiger partial charge < -0.3 is 5.71 Å². The van der Waals surface area contributed by atoms with E-state index in [-0.39, 0.29) is 0 Å². The van der Waals surface area contributed by atoms with Crippen molar-refractivity contribution in [1.29, 1.82) is 0 Å². The second-order valence-corrected chi connectivity index (χ2v) is 0.237. The topological polar surface area (TPSA) is 27.6 Å². The normalized spacial score (nSPS) is 41.0. The Kier molecular flexibility index (Phi) is 0.159. The van der Waals surface area contributed by atoms with Crippen LogP contribution in [0.25, 0.3) is 0 Å². The first kappa shape index (κ1) is 0.236. The zero-order valence-electron chi connectivity index (χ0n) is 9.95. The molecule has 0 amide bonds. The van der Waals surface area contributed by atoms with Gasteiger partial charge in [-0.05, 0) is 6.05 Å². The first-order valence-corrected chi connectivity index (χ1v) is 0.724. The fourth-order valence-corrected chi connectivity index (χ4v) is 0. The lowest BCUT2D eigenvalue weighted by Crippen LogP contribution is -2.48. The highest BCUT2D eigenvalue weighted by Crippen LogP contribution is 1.36. The van der Waals surface area contributed by atoms with Gasteiger partial charge in [0.15, 0.2) is 0 Å². The minimum atomic E-state index is -2.97. The maximum Gasteiger partial charge on any atom is 0.344 e. The Labute approximate surface area is 37.5 Å². The van der Waals surface area contributed by atoms with Crippen molar-refractivity contribution in [2.45, 2.75) is 0 Å². The molecule has 0 aromatic rings. The molecule has 0 aromatic heterocycles. The van der Waals surface area contributed by atoms with Crippen molar-refractivity contribution in [3.8, 4) is 0 Å². The summed E-state index contributed by atoms with van der Waals surface area (Å²) in [4.78, 5) is 0. The summed E-state index contributed by atoms with van der Waals surface area (Å²) in [6.07, 6.45) is 0. The molecule has 1 heteroatoms. The molecule has 0 saturated carbocycles. The van der Waals surface area contributed by atoms with Gasteiger partial charge in [-0.15, -0.1) is 0 Å². The van der Waals surface area contributed by atoms with E-state index < -0.39 is 24.8 Å². The zero-order chi connectivity index (χ0) is 10.2. The minimum absolute atomic E-state index is 1.13. The number of hydrogen-bond acceptors (Lipinski definition) is 0. The lowest BCUT2D eigenvalue weighted by atomic mass is 10.7. The van der Waals surface area contributed by atoms with Gasteiger partial charge in [0.1, 0.15) is 0 Å². The molecule has 0 bridgehead atoms. The van der Waals surface area contributed by atoms with Gasteiger partial charge >= 0.3 is 4.24 Å². The van der Waals surface area contributed by atoms with Crippen LogP contribution in [0.3, 0.4) is 0 Å². The number of rotatable bonds is 2. The Morgan fingerprint density at radius 1 is 3.25 bits per heavy atom. The highest BCUT2D eigenvalue weighted by atomic mass is 14.5. The largest absolute Gasteiger partial charge is 0.354 e. The van der Waals surface area contributed by atoms with Gasteiger partial charge in [-0.25, -0.2) is 0 Å². The van der Waals surface area contributed by atoms with Crippen LogP contribution in [0.15, 0.2) is 12.6 Å². The predicted octanol–water partition coefficient (Wildman–Crippen LogP) is -0.586. The Morgan fingerprint density at radius 2 is 4.25 bits per heavy atom. The van der Waals surface area contributed by atoms with Crippen molar-refractivity contribution in [2.75, 3.05) is 6.50 Å². The van der Waals surface area contributed by atoms with Crippen molar-refractivity contribution >= 4 is 0 Å². The van der Waals surface area contributed by atoms with Crippen molar-refractivity contribution in [1.82, 2.24) is 0 Å². The highest BCUT2D eigenvalue weighted by molar-refractivity contribution is 4.59. The summed E-state index contributed by atoms with van der Waals surface area (Å²) >= 11 is 0. The van der Waals surface area contributed by atoms with Gasteiger partial charge in [0, 0.05) is 0 Å². The van der Waals surface area contributed by atoms with E-state index in [0.717, 1.165) is 0 Å². The van der Waals surface area contributed by atoms with Crippen LogP contribution in [0.5, 0.6) is 0 Å². The van der Waals surface area contributed by atoms with E-state index >= 15 is 0 Å². The molecule has 0 aliphatic carbocycles. The highest BCUT2D eigenvalue weighted by Gasteiger charge is 1.48. The molecule has 0 radical (unpaired) electrons. The Hall–Kier alpha value is -0.300. The van der Waals surface area contributed by atoms with Crippen LogP contribution in [0, 0.1) is 0 Å². The average Bonchev–Trinajstić information content (AvgIpc) is 1.83. The smallest absolute Gasteiger partial charge is 0.344 e. The molecule has 0 atom stereocenters. The zero-order valence-corrected chi connectivity index (χ0v) is 1.95. The van der Waals surface area contributed by atoms with E-state index in [0.29, 0.717) is 0 Å². The lowest BCUT2D eigenvalue weighted by molar-refractivity contribution is -0.352. The third kappa shape index (κ3) is 1.70. The second-order valence-electron chi connectivity index (χ2n) is 0.237. The lowest BCUT2D eigenvalue weighted by Gasteiger charge is -1.57. The first-order chi connectivity index (χ1) is 5.10. The van der Waals surface area contributed by atoms with Crippen LogP contribution in [0.2, 0.25) is 4.24 Å². The average molecular weight is 66.2 g/mol. The van der Waals surface area contributed by atoms with Gasteiger partial charge in [0.25, 0.3) is 0 Å². The standard InChI is InChI=1S/C3H7N/c1-2-3-4/h2H,1,3-4H2/p+1/i1D2,2D,3D2/hD3. The van der Waals surface area contributed by atoms with Crippen LogP contribution >= 0.6 is 0 Å². The summed E-state index contributed by atoms with van der Waals surface area (Å²) in [5.41, 5.74) is -2.37. The van der Waals surface area contributed by atoms with Crippen LogP contribution in [-0.4, -0.2) is 6.50 Å². The summed E-state index contributed by atoms with van der Waals surface area (Å²) in [5.74, 6) is 0. The van der Waals surface area contributed by atoms with E-state index in [2.05, 4.69) is 0 Å². The van der Waals surface area contributed by atoms with E-state index in [9.17, 15) is 0 Å². The fourth-order valence-electron chi connectivity index (χ4n) is 0. The summed E-state index contributed by atoms with van der Waals surface area (Å²) < 4.78 is 53.7. The summed E-state index contributed by atoms with van der Waals surface area (Å²) in [6, 6.07) is -1.15. The van der Waals surface area contributed by atoms with Gasteiger partial charge in [0.2, 0.25) is 0 Å².